The summed E-state index contributed by atoms with van der Waals surface area (Å²) >= 11 is 0. The van der Waals surface area contributed by atoms with Gasteiger partial charge >= 0.3 is 11.8 Å². The number of nitrogens with zero attached hydrogens (tertiary/aromatic N) is 7. The second-order valence-corrected chi connectivity index (χ2v) is 17.5. The first-order valence-electron chi connectivity index (χ1n) is 21.0. The molecule has 314 valence electrons. The van der Waals surface area contributed by atoms with E-state index in [4.69, 9.17) is 14.2 Å². The number of piperidine rings is 1. The maximum absolute atomic E-state index is 12.9. The first-order valence-corrected chi connectivity index (χ1v) is 21.0. The lowest BCUT2D eigenvalue weighted by atomic mass is 9.75. The maximum Gasteiger partial charge on any atom is 0.315 e. The van der Waals surface area contributed by atoms with E-state index in [1.165, 1.54) is 5.56 Å². The van der Waals surface area contributed by atoms with Crippen molar-refractivity contribution in [3.63, 3.8) is 0 Å². The molecular formula is C46H50N10O5. The Labute approximate surface area is 353 Å². The fourth-order valence-corrected chi connectivity index (χ4v) is 8.57. The van der Waals surface area contributed by atoms with Gasteiger partial charge in [0.05, 0.1) is 11.7 Å². The molecule has 0 spiro atoms. The highest BCUT2D eigenvalue weighted by molar-refractivity contribution is 6.00. The third-order valence-corrected chi connectivity index (χ3v) is 12.2. The van der Waals surface area contributed by atoms with Crippen LogP contribution in [0, 0.1) is 6.92 Å². The second kappa shape index (κ2) is 16.2. The van der Waals surface area contributed by atoms with Crippen LogP contribution < -0.4 is 20.3 Å². The van der Waals surface area contributed by atoms with Crippen molar-refractivity contribution in [2.45, 2.75) is 89.8 Å². The molecule has 4 aromatic heterocycles. The molecule has 0 bridgehead atoms. The average molecular weight is 823 g/mol. The zero-order chi connectivity index (χ0) is 42.4. The van der Waals surface area contributed by atoms with Gasteiger partial charge in [-0.15, -0.1) is 0 Å². The summed E-state index contributed by atoms with van der Waals surface area (Å²) in [4.78, 5) is 63.3. The summed E-state index contributed by atoms with van der Waals surface area (Å²) < 4.78 is 11.1. The van der Waals surface area contributed by atoms with Crippen molar-refractivity contribution in [1.82, 2.24) is 45.6 Å². The number of piperazine rings is 1. The fourth-order valence-electron chi connectivity index (χ4n) is 8.57. The Morgan fingerprint density at radius 2 is 1.72 bits per heavy atom. The Morgan fingerprint density at radius 1 is 0.951 bits per heavy atom. The summed E-state index contributed by atoms with van der Waals surface area (Å²) in [6.07, 6.45) is 5.83. The van der Waals surface area contributed by atoms with E-state index in [9.17, 15) is 14.4 Å². The predicted molar refractivity (Wildman–Crippen MR) is 229 cm³/mol. The van der Waals surface area contributed by atoms with E-state index < -0.39 is 12.0 Å². The monoisotopic (exact) mass is 822 g/mol. The van der Waals surface area contributed by atoms with Crippen molar-refractivity contribution < 1.29 is 23.6 Å². The average Bonchev–Trinajstić information content (AvgIpc) is 3.92. The Hall–Kier alpha value is -6.48. The van der Waals surface area contributed by atoms with E-state index in [0.717, 1.165) is 89.5 Å². The SMILES string of the molecule is Cc1cc(-c2ncnc3[nH]c(-c4ccc(N5CCN(C6CC(c7ccc(OC8CCC(=O)NC8=O)cc7)C6)CC5)nc4)cc23)ccc1[C@@H](C)NC(=O)c1nc(C(C)(C)C)no1. The Bertz CT molecular complexity index is 2580. The summed E-state index contributed by atoms with van der Waals surface area (Å²) in [7, 11) is 0. The van der Waals surface area contributed by atoms with Gasteiger partial charge in [-0.25, -0.2) is 15.0 Å². The summed E-state index contributed by atoms with van der Waals surface area (Å²) in [5, 5.41) is 10.2. The molecule has 61 heavy (non-hydrogen) atoms. The minimum atomic E-state index is -0.623. The summed E-state index contributed by atoms with van der Waals surface area (Å²) in [6, 6.07) is 20.8. The van der Waals surface area contributed by atoms with Crippen LogP contribution in [0.25, 0.3) is 33.5 Å². The van der Waals surface area contributed by atoms with Crippen molar-refractivity contribution in [2.75, 3.05) is 31.1 Å². The number of hydrogen-bond donors (Lipinski definition) is 3. The van der Waals surface area contributed by atoms with Gasteiger partial charge in [0, 0.05) is 78.9 Å². The van der Waals surface area contributed by atoms with Gasteiger partial charge in [-0.3, -0.25) is 24.6 Å². The quantitative estimate of drug-likeness (QED) is 0.129. The van der Waals surface area contributed by atoms with Crippen LogP contribution >= 0.6 is 0 Å². The van der Waals surface area contributed by atoms with Crippen LogP contribution in [0.15, 0.2) is 77.7 Å². The van der Waals surface area contributed by atoms with Crippen molar-refractivity contribution in [2.24, 2.45) is 0 Å². The van der Waals surface area contributed by atoms with Crippen LogP contribution in [0.4, 0.5) is 5.82 Å². The van der Waals surface area contributed by atoms with Crippen molar-refractivity contribution in [3.8, 4) is 28.3 Å². The largest absolute Gasteiger partial charge is 0.481 e. The van der Waals surface area contributed by atoms with Crippen LogP contribution in [-0.2, 0) is 15.0 Å². The lowest BCUT2D eigenvalue weighted by Gasteiger charge is -2.47. The normalized spacial score (nSPS) is 20.3. The minimum Gasteiger partial charge on any atom is -0.481 e. The zero-order valence-corrected chi connectivity index (χ0v) is 35.1. The number of carbonyl (C=O) groups excluding carboxylic acids is 3. The predicted octanol–water partition coefficient (Wildman–Crippen LogP) is 6.42. The van der Waals surface area contributed by atoms with Gasteiger partial charge in [-0.1, -0.05) is 50.2 Å². The van der Waals surface area contributed by atoms with Crippen molar-refractivity contribution >= 4 is 34.6 Å². The second-order valence-electron chi connectivity index (χ2n) is 17.5. The fraction of sp³-hybridized carbons (Fsp3) is 0.391. The summed E-state index contributed by atoms with van der Waals surface area (Å²) in [5.41, 5.74) is 7.33. The summed E-state index contributed by atoms with van der Waals surface area (Å²) in [5.74, 6) is 1.55. The number of carbonyl (C=O) groups is 3. The van der Waals surface area contributed by atoms with Crippen molar-refractivity contribution in [3.05, 3.63) is 102 Å². The number of nitrogens with one attached hydrogen (secondary N) is 3. The van der Waals surface area contributed by atoms with Crippen LogP contribution in [0.5, 0.6) is 5.75 Å². The number of hydrogen-bond acceptors (Lipinski definition) is 12. The topological polar surface area (TPSA) is 184 Å². The summed E-state index contributed by atoms with van der Waals surface area (Å²) in [6.45, 7) is 13.7. The van der Waals surface area contributed by atoms with Crippen molar-refractivity contribution in [1.29, 1.82) is 0 Å². The zero-order valence-electron chi connectivity index (χ0n) is 35.1. The molecule has 3 aliphatic rings. The first kappa shape index (κ1) is 40.0. The minimum absolute atomic E-state index is 0.0521. The molecule has 3 N–H and O–H groups in total. The number of rotatable bonds is 10. The maximum atomic E-state index is 12.9. The molecule has 1 aliphatic carbocycles. The van der Waals surface area contributed by atoms with Gasteiger partial charge in [0.2, 0.25) is 5.91 Å². The number of imide groups is 1. The molecule has 2 aromatic carbocycles. The number of aromatic nitrogens is 6. The Morgan fingerprint density at radius 3 is 2.41 bits per heavy atom. The third kappa shape index (κ3) is 8.34. The number of amides is 3. The molecule has 2 atom stereocenters. The van der Waals surface area contributed by atoms with E-state index in [-0.39, 0.29) is 29.2 Å². The number of ether oxygens (including phenoxy) is 1. The van der Waals surface area contributed by atoms with E-state index >= 15 is 0 Å². The number of fused-ring (bicyclic) bond motifs is 1. The van der Waals surface area contributed by atoms with Crippen LogP contribution in [0.3, 0.4) is 0 Å². The highest BCUT2D eigenvalue weighted by Crippen LogP contribution is 2.41. The molecule has 2 saturated heterocycles. The van der Waals surface area contributed by atoms with E-state index in [1.807, 2.05) is 65.1 Å². The Kier molecular flexibility index (Phi) is 10.6. The molecule has 1 unspecified atom stereocenters. The third-order valence-electron chi connectivity index (χ3n) is 12.2. The standard InChI is InChI=1S/C46H50N10O5/c1-26-20-29(8-12-34(26)27(2)50-43(59)44-53-45(54-61-44)46(3,4)5)40-35-23-36(51-41(35)49-25-48-40)30-9-14-38(47-24-30)56-18-16-55(17-19-56)32-21-31(22-32)28-6-10-33(11-7-28)60-37-13-15-39(57)52-42(37)58/h6-12,14,20,23-25,27,31-32,37H,13,15-19,21-22H2,1-5H3,(H,50,59)(H,48,49,51)(H,52,57,58)/t27-,31?,32?,37?/m1/s1. The molecule has 15 nitrogen and oxygen atoms in total. The van der Waals surface area contributed by atoms with Crippen LogP contribution in [0.2, 0.25) is 0 Å². The molecule has 0 radical (unpaired) electrons. The molecule has 15 heteroatoms. The van der Waals surface area contributed by atoms with E-state index in [1.54, 1.807) is 6.33 Å². The Balaban J connectivity index is 0.783. The molecule has 9 rings (SSSR count). The first-order chi connectivity index (χ1) is 29.4. The number of aromatic amines is 1. The highest BCUT2D eigenvalue weighted by Gasteiger charge is 2.36. The molecule has 6 aromatic rings. The van der Waals surface area contributed by atoms with Crippen LogP contribution in [0.1, 0.15) is 98.5 Å². The lowest BCUT2D eigenvalue weighted by Crippen LogP contribution is -2.53. The van der Waals surface area contributed by atoms with Gasteiger partial charge in [-0.2, -0.15) is 4.98 Å². The molecular weight excluding hydrogens is 773 g/mol. The van der Waals surface area contributed by atoms with E-state index in [0.29, 0.717) is 36.4 Å². The number of aryl methyl sites for hydroxylation is 1. The van der Waals surface area contributed by atoms with Gasteiger partial charge in [0.25, 0.3) is 5.91 Å². The number of anilines is 1. The number of H-pyrrole nitrogens is 1. The molecule has 3 amide bonds. The molecule has 6 heterocycles. The van der Waals surface area contributed by atoms with Gasteiger partial charge in [0.15, 0.2) is 11.9 Å². The molecule has 3 fully saturated rings. The van der Waals surface area contributed by atoms with Gasteiger partial charge in [0.1, 0.15) is 23.5 Å². The lowest BCUT2D eigenvalue weighted by molar-refractivity contribution is -0.138. The van der Waals surface area contributed by atoms with Gasteiger partial charge < -0.3 is 24.5 Å². The van der Waals surface area contributed by atoms with Crippen LogP contribution in [-0.4, -0.2) is 91.0 Å². The number of pyridine rings is 1. The molecule has 2 aliphatic heterocycles. The van der Waals surface area contributed by atoms with Gasteiger partial charge in [-0.05, 0) is 85.7 Å². The highest BCUT2D eigenvalue weighted by atomic mass is 16.5. The van der Waals surface area contributed by atoms with E-state index in [2.05, 4.69) is 81.9 Å². The smallest absolute Gasteiger partial charge is 0.315 e. The molecule has 1 saturated carbocycles. The number of benzene rings is 2.